The van der Waals surface area contributed by atoms with Gasteiger partial charge in [0.05, 0.1) is 0 Å². The second-order valence-corrected chi connectivity index (χ2v) is 2.91. The van der Waals surface area contributed by atoms with E-state index >= 15 is 0 Å². The van der Waals surface area contributed by atoms with Gasteiger partial charge in [-0.2, -0.15) is 0 Å². The monoisotopic (exact) mass is 464 g/mol. The zero-order chi connectivity index (χ0) is 9.00. The van der Waals surface area contributed by atoms with E-state index < -0.39 is 24.0 Å². The van der Waals surface area contributed by atoms with Gasteiger partial charge < -0.3 is 14.6 Å². The van der Waals surface area contributed by atoms with E-state index in [1.54, 1.807) is 0 Å². The Bertz CT molecular complexity index is 216. The molecule has 0 aliphatic rings. The Morgan fingerprint density at radius 1 is 1.00 bits per heavy atom. The van der Waals surface area contributed by atoms with Gasteiger partial charge in [0.25, 0.3) is 0 Å². The average molecular weight is 463 g/mol. The molecule has 77 valence electrons. The maximum absolute atomic E-state index is 8.59. The summed E-state index contributed by atoms with van der Waals surface area (Å²) in [6.45, 7) is 0. The van der Waals surface area contributed by atoms with Gasteiger partial charge in [-0.1, -0.05) is 0 Å². The van der Waals surface area contributed by atoms with Gasteiger partial charge in [0.2, 0.25) is 0 Å². The molecule has 0 aromatic rings. The Morgan fingerprint density at radius 2 is 1.00 bits per heavy atom. The molecule has 0 rings (SSSR count). The molecule has 0 saturated carbocycles. The molecular weight excluding hydrogens is 462 g/mol. The van der Waals surface area contributed by atoms with Crippen molar-refractivity contribution in [3.8, 4) is 0 Å². The third-order valence-electron chi connectivity index (χ3n) is 0. The van der Waals surface area contributed by atoms with Crippen LogP contribution in [0.4, 0.5) is 0 Å². The van der Waals surface area contributed by atoms with Crippen LogP contribution in [0.1, 0.15) is 0 Å². The molecule has 9 nitrogen and oxygen atoms in total. The Labute approximate surface area is 107 Å². The third kappa shape index (κ3) is 959. The van der Waals surface area contributed by atoms with Crippen molar-refractivity contribution in [3.63, 3.8) is 0 Å². The first-order valence-electron chi connectivity index (χ1n) is 1.33. The quantitative estimate of drug-likeness (QED) is 0.192. The normalized spacial score (nSPS) is 8.92. The minimum absolute atomic E-state index is 0. The fourth-order valence-electron chi connectivity index (χ4n) is 0. The van der Waals surface area contributed by atoms with Crippen molar-refractivity contribution in [2.45, 2.75) is 0 Å². The van der Waals surface area contributed by atoms with Crippen molar-refractivity contribution in [2.24, 2.45) is 0 Å². The van der Waals surface area contributed by atoms with Crippen molar-refractivity contribution in [1.29, 1.82) is 0 Å². The molecule has 0 fully saturated rings. The first-order chi connectivity index (χ1) is 4.00. The second-order valence-electron chi connectivity index (χ2n) is 0.816. The second kappa shape index (κ2) is 11.4. The fourth-order valence-corrected chi connectivity index (χ4v) is 0. The summed E-state index contributed by atoms with van der Waals surface area (Å²) in [6.07, 6.45) is 0. The average Bonchev–Trinajstić information content (AvgIpc) is 1.12. The zero-order valence-electron chi connectivity index (χ0n) is 5.61. The molecule has 0 amide bonds. The van der Waals surface area contributed by atoms with Gasteiger partial charge in [-0.15, -0.1) is 0 Å². The van der Waals surface area contributed by atoms with Gasteiger partial charge >= 0.3 is 56.8 Å². The van der Waals surface area contributed by atoms with Crippen molar-refractivity contribution < 1.29 is 52.5 Å². The van der Waals surface area contributed by atoms with Crippen molar-refractivity contribution in [1.82, 2.24) is 0 Å². The van der Waals surface area contributed by atoms with Crippen LogP contribution in [0.3, 0.4) is 0 Å². The molecule has 0 unspecified atom stereocenters. The molecule has 0 aliphatic carbocycles. The first-order valence-corrected chi connectivity index (χ1v) is 4.75. The van der Waals surface area contributed by atoms with Gasteiger partial charge in [-0.3, -0.25) is 8.42 Å². The van der Waals surface area contributed by atoms with Gasteiger partial charge in [-0.05, 0) is 0 Å². The first kappa shape index (κ1) is 29.3. The van der Waals surface area contributed by atoms with E-state index in [2.05, 4.69) is 0 Å². The SMILES string of the molecule is O=S(=O)([O-])[O-].[Al].[OH-].[O]=[Cr](=[O])([O-])[O-].[Pb+2]. The Kier molecular flexibility index (Phi) is 25.7. The van der Waals surface area contributed by atoms with E-state index in [1.165, 1.54) is 0 Å². The van der Waals surface area contributed by atoms with Crippen LogP contribution in [0.5, 0.6) is 0 Å². The predicted molar refractivity (Wildman–Crippen MR) is 25.3 cm³/mol. The molecule has 0 spiro atoms. The van der Waals surface area contributed by atoms with Gasteiger partial charge in [0.15, 0.2) is 0 Å². The third-order valence-corrected chi connectivity index (χ3v) is 0. The number of hydrogen-bond acceptors (Lipinski definition) is 9. The molecule has 1 N–H and O–H groups in total. The summed E-state index contributed by atoms with van der Waals surface area (Å²) in [6, 6.07) is 0. The molecule has 13 heteroatoms. The Morgan fingerprint density at radius 3 is 1.00 bits per heavy atom. The summed E-state index contributed by atoms with van der Waals surface area (Å²) in [5.41, 5.74) is 0. The molecule has 5 radical (unpaired) electrons. The number of hydrogen-bond donors (Lipinski definition) is 0. The van der Waals surface area contributed by atoms with E-state index in [4.69, 9.17) is 33.4 Å². The van der Waals surface area contributed by atoms with Crippen LogP contribution in [0.15, 0.2) is 0 Å². The fraction of sp³-hybridized carbons (Fsp3) is 0. The molecule has 0 atom stereocenters. The van der Waals surface area contributed by atoms with E-state index in [0.717, 1.165) is 0 Å². The van der Waals surface area contributed by atoms with Crippen LogP contribution >= 0.6 is 0 Å². The van der Waals surface area contributed by atoms with Crippen molar-refractivity contribution in [2.75, 3.05) is 0 Å². The summed E-state index contributed by atoms with van der Waals surface area (Å²) in [5, 5.41) is 0. The molecule has 13 heavy (non-hydrogen) atoms. The van der Waals surface area contributed by atoms with Gasteiger partial charge in [-0.25, -0.2) is 0 Å². The van der Waals surface area contributed by atoms with Crippen LogP contribution < -0.4 is 8.32 Å². The van der Waals surface area contributed by atoms with E-state index in [-0.39, 0.29) is 50.1 Å². The summed E-state index contributed by atoms with van der Waals surface area (Å²) in [7, 11) is -5.17. The standard InChI is InChI=1S/Al.Cr.H2O4S.H2O.4O.Pb/c;;1-5(2,3)4;;;;;;/h;;(H2,1,2,3,4);1H2;;;;;/q;;;;;;2*-1;+2/p-3. The van der Waals surface area contributed by atoms with Crippen LogP contribution in [-0.4, -0.2) is 67.7 Å². The molecule has 0 aromatic heterocycles. The van der Waals surface area contributed by atoms with Crippen molar-refractivity contribution >= 4 is 55.1 Å². The summed E-state index contributed by atoms with van der Waals surface area (Å²) in [4.78, 5) is 0. The minimum atomic E-state index is -5.75. The number of rotatable bonds is 0. The van der Waals surface area contributed by atoms with Crippen LogP contribution in [0, 0.1) is 0 Å². The van der Waals surface area contributed by atoms with Crippen LogP contribution in [0.2, 0.25) is 0 Å². The predicted octanol–water partition coefficient (Wildman–Crippen LogP) is -4.89. The van der Waals surface area contributed by atoms with Crippen molar-refractivity contribution in [3.05, 3.63) is 0 Å². The largest absolute Gasteiger partial charge is 2.00 e. The Hall–Kier alpha value is 1.34. The van der Waals surface area contributed by atoms with Crippen LogP contribution in [-0.2, 0) is 31.6 Å². The van der Waals surface area contributed by atoms with Gasteiger partial charge in [0, 0.05) is 27.8 Å². The maximum Gasteiger partial charge on any atom is 2.00 e. The van der Waals surface area contributed by atoms with E-state index in [1.807, 2.05) is 0 Å². The van der Waals surface area contributed by atoms with E-state index in [0.29, 0.717) is 0 Å². The molecule has 0 aliphatic heterocycles. The molecule has 0 bridgehead atoms. The zero-order valence-corrected chi connectivity index (χ0v) is 12.7. The summed E-state index contributed by atoms with van der Waals surface area (Å²) >= 11 is -5.75. The smallest absolute Gasteiger partial charge is 2.00 e. The van der Waals surface area contributed by atoms with Gasteiger partial charge in [0.1, 0.15) is 0 Å². The molecule has 0 aromatic carbocycles. The summed E-state index contributed by atoms with van der Waals surface area (Å²) < 4.78 is 68.5. The molecule has 0 saturated heterocycles. The topological polar surface area (TPSA) is 191 Å². The summed E-state index contributed by atoms with van der Waals surface area (Å²) in [5.74, 6) is 0. The maximum atomic E-state index is 8.59. The van der Waals surface area contributed by atoms with E-state index in [9.17, 15) is 0 Å². The van der Waals surface area contributed by atoms with Crippen LogP contribution in [0.25, 0.3) is 0 Å². The molecule has 0 heterocycles. The minimum Gasteiger partial charge on any atom is 2.00 e. The molecular formula is HAlCrO9PbS-3. The Balaban J connectivity index is -0.0000000267.